The number of hydrogen-bond donors (Lipinski definition) is 2. The van der Waals surface area contributed by atoms with Gasteiger partial charge in [0, 0.05) is 23.7 Å². The molecule has 1 heterocycles. The van der Waals surface area contributed by atoms with Crippen LogP contribution in [0, 0.1) is 5.41 Å². The largest absolute Gasteiger partial charge is 0.489 e. The molecule has 0 amide bonds. The number of aliphatic carboxylic acids is 1. The van der Waals surface area contributed by atoms with E-state index in [4.69, 9.17) is 4.74 Å². The third kappa shape index (κ3) is 5.95. The van der Waals surface area contributed by atoms with E-state index in [0.29, 0.717) is 17.1 Å². The molecule has 0 unspecified atom stereocenters. The predicted octanol–water partition coefficient (Wildman–Crippen LogP) is 5.13. The zero-order chi connectivity index (χ0) is 25.9. The van der Waals surface area contributed by atoms with Crippen molar-refractivity contribution in [1.29, 1.82) is 0 Å². The first kappa shape index (κ1) is 27.4. The fourth-order valence-corrected chi connectivity index (χ4v) is 7.15. The monoisotopic (exact) mass is 521 g/mol. The van der Waals surface area contributed by atoms with Crippen molar-refractivity contribution in [1.82, 2.24) is 0 Å². The third-order valence-corrected chi connectivity index (χ3v) is 9.46. The van der Waals surface area contributed by atoms with Crippen LogP contribution in [0.2, 0.25) is 0 Å². The second-order valence-corrected chi connectivity index (χ2v) is 12.3. The lowest BCUT2D eigenvalue weighted by Gasteiger charge is -2.36. The molecule has 9 heteroatoms. The van der Waals surface area contributed by atoms with Crippen LogP contribution >= 0.6 is 11.8 Å². The van der Waals surface area contributed by atoms with Gasteiger partial charge in [-0.05, 0) is 44.2 Å². The van der Waals surface area contributed by atoms with Gasteiger partial charge in [0.1, 0.15) is 12.4 Å². The molecule has 192 valence electrons. The van der Waals surface area contributed by atoms with Gasteiger partial charge < -0.3 is 19.8 Å². The summed E-state index contributed by atoms with van der Waals surface area (Å²) in [5.41, 5.74) is -1.02. The fourth-order valence-electron chi connectivity index (χ4n) is 4.42. The van der Waals surface area contributed by atoms with Gasteiger partial charge in [-0.2, -0.15) is 0 Å². The van der Waals surface area contributed by atoms with Crippen molar-refractivity contribution in [2.75, 3.05) is 30.1 Å². The Labute approximate surface area is 212 Å². The summed E-state index contributed by atoms with van der Waals surface area (Å²) in [4.78, 5) is 14.3. The summed E-state index contributed by atoms with van der Waals surface area (Å²) >= 11 is 1.38. The number of hydrogen-bond acceptors (Lipinski definition) is 7. The average molecular weight is 522 g/mol. The average Bonchev–Trinajstić information content (AvgIpc) is 2.93. The second-order valence-electron chi connectivity index (χ2n) is 9.48. The summed E-state index contributed by atoms with van der Waals surface area (Å²) in [5, 5.41) is 19.4. The number of unbranched alkanes of at least 4 members (excludes halogenated alkanes) is 1. The topological polar surface area (TPSA) is 104 Å². The summed E-state index contributed by atoms with van der Waals surface area (Å²) in [6.07, 6.45) is 5.30. The van der Waals surface area contributed by atoms with Crippen molar-refractivity contribution in [3.63, 3.8) is 0 Å². The van der Waals surface area contributed by atoms with Gasteiger partial charge in [0.05, 0.1) is 21.2 Å². The van der Waals surface area contributed by atoms with Gasteiger partial charge in [-0.25, -0.2) is 13.2 Å². The molecule has 2 aromatic rings. The number of nitrogens with zero attached hydrogens (tertiary/aromatic N) is 1. The van der Waals surface area contributed by atoms with E-state index in [1.54, 1.807) is 6.07 Å². The van der Waals surface area contributed by atoms with E-state index in [9.17, 15) is 23.4 Å². The summed E-state index contributed by atoms with van der Waals surface area (Å²) < 4.78 is 33.4. The lowest BCUT2D eigenvalue weighted by Crippen LogP contribution is -2.41. The van der Waals surface area contributed by atoms with Gasteiger partial charge in [-0.3, -0.25) is 0 Å². The minimum atomic E-state index is -3.70. The molecule has 0 fully saturated rings. The maximum atomic E-state index is 13.8. The second kappa shape index (κ2) is 10.8. The van der Waals surface area contributed by atoms with Crippen LogP contribution in [0.4, 0.5) is 11.4 Å². The molecule has 0 spiro atoms. The molecule has 7 nitrogen and oxygen atoms in total. The van der Waals surface area contributed by atoms with Crippen molar-refractivity contribution >= 4 is 38.9 Å². The van der Waals surface area contributed by atoms with E-state index in [2.05, 4.69) is 18.7 Å². The van der Waals surface area contributed by atoms with Crippen LogP contribution in [0.25, 0.3) is 0 Å². The Hall–Kier alpha value is -2.23. The van der Waals surface area contributed by atoms with Gasteiger partial charge in [0.15, 0.2) is 15.4 Å². The highest BCUT2D eigenvalue weighted by Gasteiger charge is 2.42. The molecule has 1 aliphatic heterocycles. The Morgan fingerprint density at radius 1 is 1.23 bits per heavy atom. The Morgan fingerprint density at radius 2 is 1.91 bits per heavy atom. The van der Waals surface area contributed by atoms with Crippen molar-refractivity contribution in [3.8, 4) is 5.75 Å². The van der Waals surface area contributed by atoms with E-state index >= 15 is 0 Å². The van der Waals surface area contributed by atoms with Gasteiger partial charge in [0.25, 0.3) is 0 Å². The highest BCUT2D eigenvalue weighted by molar-refractivity contribution is 7.98. The molecule has 2 N–H and O–H groups in total. The lowest BCUT2D eigenvalue weighted by atomic mass is 9.81. The number of aliphatic hydroxyl groups is 1. The maximum Gasteiger partial charge on any atom is 0.339 e. The van der Waals surface area contributed by atoms with E-state index in [1.165, 1.54) is 17.8 Å². The standard InChI is InChI=1S/C26H35NO6S2/c1-5-7-13-26(6-2)16-27(19-11-9-8-10-12-19)20-14-22(34-4)21(15-23(20)35(31,32)18-26)33-17-25(3,30)24(28)29/h8-12,14-15,30H,5-7,13,16-18H2,1-4H3,(H,28,29)/t25-,26+/m0/s1. The van der Waals surface area contributed by atoms with Crippen molar-refractivity contribution in [3.05, 3.63) is 42.5 Å². The van der Waals surface area contributed by atoms with Gasteiger partial charge in [-0.1, -0.05) is 44.9 Å². The number of thioether (sulfide) groups is 1. The molecule has 2 aromatic carbocycles. The molecule has 0 aromatic heterocycles. The first-order chi connectivity index (χ1) is 16.5. The number of fused-ring (bicyclic) bond motifs is 1. The Bertz CT molecular complexity index is 1150. The summed E-state index contributed by atoms with van der Waals surface area (Å²) in [6, 6.07) is 13.1. The molecule has 0 saturated carbocycles. The third-order valence-electron chi connectivity index (χ3n) is 6.71. The van der Waals surface area contributed by atoms with Crippen molar-refractivity contribution in [2.24, 2.45) is 5.41 Å². The van der Waals surface area contributed by atoms with Crippen LogP contribution in [0.3, 0.4) is 0 Å². The number of carbonyl (C=O) groups is 1. The maximum absolute atomic E-state index is 13.8. The van der Waals surface area contributed by atoms with Gasteiger partial charge >= 0.3 is 5.97 Å². The first-order valence-corrected chi connectivity index (χ1v) is 14.7. The van der Waals surface area contributed by atoms with Crippen molar-refractivity contribution < 1.29 is 28.2 Å². The predicted molar refractivity (Wildman–Crippen MR) is 140 cm³/mol. The van der Waals surface area contributed by atoms with Gasteiger partial charge in [0.2, 0.25) is 0 Å². The van der Waals surface area contributed by atoms with E-state index < -0.39 is 33.4 Å². The van der Waals surface area contributed by atoms with Gasteiger partial charge in [-0.15, -0.1) is 11.8 Å². The smallest absolute Gasteiger partial charge is 0.339 e. The SMILES string of the molecule is CCCC[C@]1(CC)CN(c2ccccc2)c2cc(SC)c(OC[C@](C)(O)C(=O)O)cc2S(=O)(=O)C1. The molecule has 0 saturated heterocycles. The molecular formula is C26H35NO6S2. The molecule has 2 atom stereocenters. The minimum Gasteiger partial charge on any atom is -0.489 e. The molecule has 0 radical (unpaired) electrons. The molecular weight excluding hydrogens is 486 g/mol. The summed E-state index contributed by atoms with van der Waals surface area (Å²) in [6.45, 7) is 5.38. The van der Waals surface area contributed by atoms with E-state index in [0.717, 1.165) is 38.3 Å². The Kier molecular flexibility index (Phi) is 8.44. The van der Waals surface area contributed by atoms with E-state index in [-0.39, 0.29) is 16.4 Å². The number of carboxylic acid groups (broad SMARTS) is 1. The summed E-state index contributed by atoms with van der Waals surface area (Å²) in [7, 11) is -3.70. The number of anilines is 2. The molecule has 0 aliphatic carbocycles. The number of benzene rings is 2. The van der Waals surface area contributed by atoms with Crippen LogP contribution in [-0.4, -0.2) is 55.4 Å². The van der Waals surface area contributed by atoms with Crippen LogP contribution in [-0.2, 0) is 14.6 Å². The van der Waals surface area contributed by atoms with Crippen LogP contribution in [0.15, 0.2) is 52.3 Å². The highest BCUT2D eigenvalue weighted by Crippen LogP contribution is 2.47. The number of rotatable bonds is 10. The van der Waals surface area contributed by atoms with Crippen LogP contribution in [0.5, 0.6) is 5.75 Å². The number of sulfone groups is 1. The highest BCUT2D eigenvalue weighted by atomic mass is 32.2. The van der Waals surface area contributed by atoms with Crippen LogP contribution in [0.1, 0.15) is 46.5 Å². The molecule has 3 rings (SSSR count). The first-order valence-electron chi connectivity index (χ1n) is 11.8. The lowest BCUT2D eigenvalue weighted by molar-refractivity contribution is -0.159. The minimum absolute atomic E-state index is 0.0255. The zero-order valence-electron chi connectivity index (χ0n) is 20.8. The molecule has 0 bridgehead atoms. The fraction of sp³-hybridized carbons (Fsp3) is 0.500. The summed E-state index contributed by atoms with van der Waals surface area (Å²) in [5.74, 6) is -1.14. The number of carboxylic acids is 1. The number of para-hydroxylation sites is 1. The molecule has 35 heavy (non-hydrogen) atoms. The van der Waals surface area contributed by atoms with Crippen molar-refractivity contribution in [2.45, 2.75) is 61.8 Å². The van der Waals surface area contributed by atoms with E-state index in [1.807, 2.05) is 36.6 Å². The zero-order valence-corrected chi connectivity index (χ0v) is 22.4. The van der Waals surface area contributed by atoms with Crippen LogP contribution < -0.4 is 9.64 Å². The normalized spacial score (nSPS) is 21.0. The quantitative estimate of drug-likeness (QED) is 0.415. The Balaban J connectivity index is 2.19. The Morgan fingerprint density at radius 3 is 2.49 bits per heavy atom. The molecule has 1 aliphatic rings. The number of ether oxygens (including phenoxy) is 1.